The van der Waals surface area contributed by atoms with Crippen molar-refractivity contribution in [1.82, 2.24) is 4.90 Å². The Bertz CT molecular complexity index is 344. The first-order chi connectivity index (χ1) is 8.52. The molecule has 0 aromatic heterocycles. The molecule has 1 amide bonds. The van der Waals surface area contributed by atoms with Crippen LogP contribution in [-0.2, 0) is 14.3 Å². The van der Waals surface area contributed by atoms with Crippen LogP contribution in [0.4, 0.5) is 0 Å². The minimum atomic E-state index is -0.838. The van der Waals surface area contributed by atoms with Crippen LogP contribution in [0.5, 0.6) is 0 Å². The fourth-order valence-electron chi connectivity index (χ4n) is 3.21. The first-order valence-corrected chi connectivity index (χ1v) is 6.63. The van der Waals surface area contributed by atoms with Crippen LogP contribution < -0.4 is 0 Å². The monoisotopic (exact) mass is 255 g/mol. The summed E-state index contributed by atoms with van der Waals surface area (Å²) in [5, 5.41) is 9.14. The molecule has 0 bridgehead atoms. The molecule has 1 aliphatic carbocycles. The molecule has 18 heavy (non-hydrogen) atoms. The highest BCUT2D eigenvalue weighted by atomic mass is 16.5. The van der Waals surface area contributed by atoms with Crippen molar-refractivity contribution in [3.63, 3.8) is 0 Å². The van der Waals surface area contributed by atoms with E-state index in [1.165, 1.54) is 0 Å². The van der Waals surface area contributed by atoms with Crippen molar-refractivity contribution in [2.24, 2.45) is 11.8 Å². The fourth-order valence-corrected chi connectivity index (χ4v) is 3.21. The average Bonchev–Trinajstić information content (AvgIpc) is 2.95. The van der Waals surface area contributed by atoms with Crippen molar-refractivity contribution in [2.45, 2.75) is 44.8 Å². The van der Waals surface area contributed by atoms with E-state index >= 15 is 0 Å². The molecule has 1 saturated heterocycles. The van der Waals surface area contributed by atoms with Crippen LogP contribution in [0.1, 0.15) is 32.6 Å². The lowest BCUT2D eigenvalue weighted by Crippen LogP contribution is -2.45. The second kappa shape index (κ2) is 5.26. The van der Waals surface area contributed by atoms with Gasteiger partial charge in [-0.1, -0.05) is 6.42 Å². The Morgan fingerprint density at radius 2 is 1.89 bits per heavy atom. The number of carboxylic acids is 1. The number of carbonyl (C=O) groups is 2. The molecule has 0 spiro atoms. The lowest BCUT2D eigenvalue weighted by molar-refractivity contribution is -0.149. The van der Waals surface area contributed by atoms with Gasteiger partial charge in [0.05, 0.1) is 24.0 Å². The van der Waals surface area contributed by atoms with Gasteiger partial charge in [-0.15, -0.1) is 0 Å². The first-order valence-electron chi connectivity index (χ1n) is 6.63. The molecule has 0 aromatic carbocycles. The standard InChI is InChI=1S/C13H21NO4/c1-8-11(6-7-18-8)14(2)12(15)9-4-3-5-10(9)13(16)17/h8-11H,3-7H2,1-2H3,(H,16,17). The molecular formula is C13H21NO4. The molecule has 1 N–H and O–H groups in total. The number of nitrogens with zero attached hydrogens (tertiary/aromatic N) is 1. The molecule has 0 radical (unpaired) electrons. The molecule has 4 atom stereocenters. The zero-order chi connectivity index (χ0) is 13.3. The van der Waals surface area contributed by atoms with E-state index in [-0.39, 0.29) is 24.0 Å². The molecule has 0 aromatic rings. The van der Waals surface area contributed by atoms with Gasteiger partial charge in [-0.25, -0.2) is 0 Å². The summed E-state index contributed by atoms with van der Waals surface area (Å²) in [4.78, 5) is 25.2. The van der Waals surface area contributed by atoms with E-state index in [1.54, 1.807) is 11.9 Å². The van der Waals surface area contributed by atoms with E-state index < -0.39 is 11.9 Å². The number of amides is 1. The molecule has 1 saturated carbocycles. The lowest BCUT2D eigenvalue weighted by atomic mass is 9.94. The number of rotatable bonds is 3. The second-order valence-corrected chi connectivity index (χ2v) is 5.36. The van der Waals surface area contributed by atoms with Gasteiger partial charge in [0.25, 0.3) is 0 Å². The van der Waals surface area contributed by atoms with E-state index in [0.717, 1.165) is 12.8 Å². The Morgan fingerprint density at radius 1 is 1.22 bits per heavy atom. The van der Waals surface area contributed by atoms with Crippen LogP contribution in [0, 0.1) is 11.8 Å². The van der Waals surface area contributed by atoms with Crippen LogP contribution in [0.2, 0.25) is 0 Å². The summed E-state index contributed by atoms with van der Waals surface area (Å²) in [5.74, 6) is -1.71. The SMILES string of the molecule is CC1OCCC1N(C)C(=O)C1CCCC1C(=O)O. The number of carbonyl (C=O) groups excluding carboxylic acids is 1. The minimum Gasteiger partial charge on any atom is -0.481 e. The van der Waals surface area contributed by atoms with Crippen molar-refractivity contribution < 1.29 is 19.4 Å². The highest BCUT2D eigenvalue weighted by Crippen LogP contribution is 2.34. The largest absolute Gasteiger partial charge is 0.481 e. The molecular weight excluding hydrogens is 234 g/mol. The summed E-state index contributed by atoms with van der Waals surface area (Å²) in [7, 11) is 1.77. The smallest absolute Gasteiger partial charge is 0.307 e. The number of aliphatic carboxylic acids is 1. The average molecular weight is 255 g/mol. The van der Waals surface area contributed by atoms with E-state index in [1.807, 2.05) is 6.92 Å². The van der Waals surface area contributed by atoms with E-state index in [4.69, 9.17) is 9.84 Å². The summed E-state index contributed by atoms with van der Waals surface area (Å²) < 4.78 is 5.46. The third kappa shape index (κ3) is 2.36. The van der Waals surface area contributed by atoms with Gasteiger partial charge in [-0.2, -0.15) is 0 Å². The Morgan fingerprint density at radius 3 is 2.44 bits per heavy atom. The van der Waals surface area contributed by atoms with Crippen molar-refractivity contribution >= 4 is 11.9 Å². The highest BCUT2D eigenvalue weighted by Gasteiger charge is 2.41. The Balaban J connectivity index is 2.04. The van der Waals surface area contributed by atoms with Crippen molar-refractivity contribution in [2.75, 3.05) is 13.7 Å². The second-order valence-electron chi connectivity index (χ2n) is 5.36. The molecule has 1 heterocycles. The van der Waals surface area contributed by atoms with Gasteiger partial charge in [0.15, 0.2) is 0 Å². The van der Waals surface area contributed by atoms with Crippen molar-refractivity contribution in [1.29, 1.82) is 0 Å². The lowest BCUT2D eigenvalue weighted by Gasteiger charge is -2.30. The third-order valence-corrected chi connectivity index (χ3v) is 4.33. The van der Waals surface area contributed by atoms with Crippen LogP contribution in [-0.4, -0.2) is 47.7 Å². The maximum absolute atomic E-state index is 12.4. The number of hydrogen-bond acceptors (Lipinski definition) is 3. The Kier molecular flexibility index (Phi) is 3.90. The number of ether oxygens (including phenoxy) is 1. The van der Waals surface area contributed by atoms with Crippen molar-refractivity contribution in [3.8, 4) is 0 Å². The minimum absolute atomic E-state index is 0.0257. The van der Waals surface area contributed by atoms with Gasteiger partial charge >= 0.3 is 5.97 Å². The van der Waals surface area contributed by atoms with Gasteiger partial charge in [0.2, 0.25) is 5.91 Å². The topological polar surface area (TPSA) is 66.8 Å². The third-order valence-electron chi connectivity index (χ3n) is 4.33. The van der Waals surface area contributed by atoms with E-state index in [2.05, 4.69) is 0 Å². The number of hydrogen-bond donors (Lipinski definition) is 1. The fraction of sp³-hybridized carbons (Fsp3) is 0.846. The van der Waals surface area contributed by atoms with Gasteiger partial charge in [-0.05, 0) is 26.2 Å². The van der Waals surface area contributed by atoms with E-state index in [0.29, 0.717) is 19.4 Å². The molecule has 2 rings (SSSR count). The summed E-state index contributed by atoms with van der Waals surface area (Å²) in [6.45, 7) is 2.64. The summed E-state index contributed by atoms with van der Waals surface area (Å²) in [5.41, 5.74) is 0. The molecule has 1 aliphatic heterocycles. The maximum atomic E-state index is 12.4. The predicted molar refractivity (Wildman–Crippen MR) is 65.1 cm³/mol. The normalized spacial score (nSPS) is 35.7. The first kappa shape index (κ1) is 13.3. The summed E-state index contributed by atoms with van der Waals surface area (Å²) >= 11 is 0. The highest BCUT2D eigenvalue weighted by molar-refractivity contribution is 5.85. The van der Waals surface area contributed by atoms with Crippen LogP contribution in [0.15, 0.2) is 0 Å². The number of likely N-dealkylation sites (N-methyl/N-ethyl adjacent to an activating group) is 1. The molecule has 2 aliphatic rings. The molecule has 2 fully saturated rings. The zero-order valence-corrected chi connectivity index (χ0v) is 11.0. The van der Waals surface area contributed by atoms with Crippen LogP contribution in [0.3, 0.4) is 0 Å². The molecule has 102 valence electrons. The summed E-state index contributed by atoms with van der Waals surface area (Å²) in [6.07, 6.45) is 3.04. The van der Waals surface area contributed by atoms with Gasteiger partial charge in [0, 0.05) is 13.7 Å². The van der Waals surface area contributed by atoms with Crippen LogP contribution >= 0.6 is 0 Å². The maximum Gasteiger partial charge on any atom is 0.307 e. The Hall–Kier alpha value is -1.10. The summed E-state index contributed by atoms with van der Waals surface area (Å²) in [6, 6.07) is 0.0903. The van der Waals surface area contributed by atoms with Gasteiger partial charge in [0.1, 0.15) is 0 Å². The molecule has 5 heteroatoms. The van der Waals surface area contributed by atoms with Crippen molar-refractivity contribution in [3.05, 3.63) is 0 Å². The molecule has 5 nitrogen and oxygen atoms in total. The molecule has 4 unspecified atom stereocenters. The predicted octanol–water partition coefficient (Wildman–Crippen LogP) is 1.12. The van der Waals surface area contributed by atoms with E-state index in [9.17, 15) is 9.59 Å². The van der Waals surface area contributed by atoms with Gasteiger partial charge < -0.3 is 14.7 Å². The van der Waals surface area contributed by atoms with Crippen LogP contribution in [0.25, 0.3) is 0 Å². The Labute approximate surface area is 107 Å². The zero-order valence-electron chi connectivity index (χ0n) is 11.0. The quantitative estimate of drug-likeness (QED) is 0.820. The van der Waals surface area contributed by atoms with Gasteiger partial charge in [-0.3, -0.25) is 9.59 Å². The number of carboxylic acid groups (broad SMARTS) is 1.